The maximum atomic E-state index is 13.0. The van der Waals surface area contributed by atoms with E-state index in [4.69, 9.17) is 9.47 Å². The summed E-state index contributed by atoms with van der Waals surface area (Å²) in [5, 5.41) is 11.1. The quantitative estimate of drug-likeness (QED) is 0.250. The van der Waals surface area contributed by atoms with Crippen LogP contribution in [0.1, 0.15) is 23.6 Å². The van der Waals surface area contributed by atoms with Gasteiger partial charge in [0.2, 0.25) is 10.0 Å². The maximum Gasteiger partial charge on any atom is 0.295 e. The minimum absolute atomic E-state index is 0.0402. The molecule has 1 N–H and O–H groups in total. The summed E-state index contributed by atoms with van der Waals surface area (Å²) in [5.74, 6) is -1.38. The number of aliphatic hydroxyl groups excluding tert-OH is 1. The predicted octanol–water partition coefficient (Wildman–Crippen LogP) is 2.40. The highest BCUT2D eigenvalue weighted by Gasteiger charge is 2.45. The summed E-state index contributed by atoms with van der Waals surface area (Å²) in [6, 6.07) is 11.6. The van der Waals surface area contributed by atoms with Crippen LogP contribution in [0.15, 0.2) is 59.0 Å². The van der Waals surface area contributed by atoms with Crippen molar-refractivity contribution in [1.82, 2.24) is 9.21 Å². The van der Waals surface area contributed by atoms with Gasteiger partial charge in [0.15, 0.2) is 0 Å². The molecule has 1 unspecified atom stereocenters. The van der Waals surface area contributed by atoms with E-state index in [0.29, 0.717) is 24.3 Å². The van der Waals surface area contributed by atoms with Crippen LogP contribution in [0.25, 0.3) is 5.76 Å². The molecule has 9 nitrogen and oxygen atoms in total. The number of benzene rings is 2. The van der Waals surface area contributed by atoms with Crippen LogP contribution in [0.2, 0.25) is 0 Å². The van der Waals surface area contributed by atoms with Gasteiger partial charge in [0.25, 0.3) is 11.7 Å². The van der Waals surface area contributed by atoms with Gasteiger partial charge >= 0.3 is 0 Å². The van der Waals surface area contributed by atoms with Crippen molar-refractivity contribution in [2.24, 2.45) is 0 Å². The van der Waals surface area contributed by atoms with Crippen LogP contribution in [0.4, 0.5) is 0 Å². The van der Waals surface area contributed by atoms with Gasteiger partial charge in [-0.05, 0) is 48.4 Å². The van der Waals surface area contributed by atoms with Crippen LogP contribution in [-0.2, 0) is 24.3 Å². The Kier molecular flexibility index (Phi) is 7.75. The predicted molar refractivity (Wildman–Crippen MR) is 126 cm³/mol. The monoisotopic (exact) mass is 488 g/mol. The average molecular weight is 489 g/mol. The lowest BCUT2D eigenvalue weighted by Gasteiger charge is -2.25. The standard InChI is InChI=1S/C24H28N2O7S/c1-25(2)34(30,31)19-11-9-16(10-12-19)22(27)20-21(17-7-5-8-18(15-17)33-4)26(13-6-14-32-3)24(29)23(20)28/h5,7-12,15,21,27H,6,13-14H2,1-4H3/b22-20+. The zero-order chi connectivity index (χ0) is 25.0. The number of hydrogen-bond acceptors (Lipinski definition) is 7. The van der Waals surface area contributed by atoms with Crippen molar-refractivity contribution < 1.29 is 32.6 Å². The maximum absolute atomic E-state index is 13.0. The van der Waals surface area contributed by atoms with Crippen molar-refractivity contribution >= 4 is 27.5 Å². The molecule has 182 valence electrons. The third-order valence-corrected chi connectivity index (χ3v) is 7.43. The molecule has 1 atom stereocenters. The lowest BCUT2D eigenvalue weighted by Crippen LogP contribution is -2.31. The fraction of sp³-hybridized carbons (Fsp3) is 0.333. The Morgan fingerprint density at radius 1 is 1.09 bits per heavy atom. The first-order chi connectivity index (χ1) is 16.1. The number of likely N-dealkylation sites (tertiary alicyclic amines) is 1. The number of aliphatic hydroxyl groups is 1. The number of nitrogens with zero attached hydrogens (tertiary/aromatic N) is 2. The molecule has 10 heteroatoms. The lowest BCUT2D eigenvalue weighted by molar-refractivity contribution is -0.140. The molecule has 0 aliphatic carbocycles. The van der Waals surface area contributed by atoms with Gasteiger partial charge in [-0.2, -0.15) is 0 Å². The average Bonchev–Trinajstić information content (AvgIpc) is 3.08. The molecule has 0 saturated carbocycles. The lowest BCUT2D eigenvalue weighted by atomic mass is 9.95. The molecule has 1 heterocycles. The summed E-state index contributed by atoms with van der Waals surface area (Å²) in [7, 11) is 2.24. The van der Waals surface area contributed by atoms with Gasteiger partial charge in [0, 0.05) is 39.9 Å². The number of carbonyl (C=O) groups excluding carboxylic acids is 2. The van der Waals surface area contributed by atoms with E-state index in [2.05, 4.69) is 0 Å². The Hall–Kier alpha value is -3.21. The highest BCUT2D eigenvalue weighted by atomic mass is 32.2. The van der Waals surface area contributed by atoms with Crippen LogP contribution >= 0.6 is 0 Å². The van der Waals surface area contributed by atoms with Crippen molar-refractivity contribution in [3.05, 3.63) is 65.2 Å². The number of amides is 1. The van der Waals surface area contributed by atoms with Crippen molar-refractivity contribution in [3.8, 4) is 5.75 Å². The van der Waals surface area contributed by atoms with E-state index in [-0.39, 0.29) is 28.3 Å². The molecule has 1 aliphatic heterocycles. The molecule has 0 aromatic heterocycles. The summed E-state index contributed by atoms with van der Waals surface area (Å²) in [4.78, 5) is 27.4. The number of sulfonamides is 1. The molecule has 2 aromatic carbocycles. The number of ether oxygens (including phenoxy) is 2. The molecule has 1 aliphatic rings. The van der Waals surface area contributed by atoms with E-state index in [1.54, 1.807) is 31.4 Å². The smallest absolute Gasteiger partial charge is 0.295 e. The summed E-state index contributed by atoms with van der Waals surface area (Å²) >= 11 is 0. The molecule has 1 saturated heterocycles. The number of hydrogen-bond donors (Lipinski definition) is 1. The zero-order valence-electron chi connectivity index (χ0n) is 19.5. The largest absolute Gasteiger partial charge is 0.507 e. The van der Waals surface area contributed by atoms with E-state index < -0.39 is 27.8 Å². The first-order valence-corrected chi connectivity index (χ1v) is 12.0. The van der Waals surface area contributed by atoms with E-state index in [1.165, 1.54) is 50.4 Å². The molecular weight excluding hydrogens is 460 g/mol. The number of carbonyl (C=O) groups is 2. The van der Waals surface area contributed by atoms with Gasteiger partial charge in [-0.15, -0.1) is 0 Å². The Morgan fingerprint density at radius 3 is 2.35 bits per heavy atom. The molecular formula is C24H28N2O7S. The first-order valence-electron chi connectivity index (χ1n) is 10.6. The third kappa shape index (κ3) is 4.84. The molecule has 1 fully saturated rings. The summed E-state index contributed by atoms with van der Waals surface area (Å²) < 4.78 is 36.2. The van der Waals surface area contributed by atoms with E-state index in [0.717, 1.165) is 4.31 Å². The van der Waals surface area contributed by atoms with Gasteiger partial charge in [-0.1, -0.05) is 12.1 Å². The normalized spacial score (nSPS) is 18.0. The van der Waals surface area contributed by atoms with Crippen molar-refractivity contribution in [2.45, 2.75) is 17.4 Å². The van der Waals surface area contributed by atoms with E-state index in [1.807, 2.05) is 0 Å². The number of rotatable bonds is 9. The zero-order valence-corrected chi connectivity index (χ0v) is 20.3. The Balaban J connectivity index is 2.11. The first kappa shape index (κ1) is 25.4. The highest BCUT2D eigenvalue weighted by molar-refractivity contribution is 7.89. The minimum Gasteiger partial charge on any atom is -0.507 e. The van der Waals surface area contributed by atoms with Crippen molar-refractivity contribution in [1.29, 1.82) is 0 Å². The van der Waals surface area contributed by atoms with Crippen molar-refractivity contribution in [2.75, 3.05) is 41.5 Å². The van der Waals surface area contributed by atoms with E-state index >= 15 is 0 Å². The fourth-order valence-corrected chi connectivity index (χ4v) is 4.70. The Bertz CT molecular complexity index is 1200. The van der Waals surface area contributed by atoms with Gasteiger partial charge in [0.05, 0.1) is 23.6 Å². The molecule has 0 spiro atoms. The third-order valence-electron chi connectivity index (χ3n) is 5.60. The Labute approximate surface area is 199 Å². The molecule has 0 radical (unpaired) electrons. The van der Waals surface area contributed by atoms with Gasteiger partial charge < -0.3 is 19.5 Å². The number of ketones is 1. The summed E-state index contributed by atoms with van der Waals surface area (Å²) in [6.07, 6.45) is 0.501. The van der Waals surface area contributed by atoms with Crippen molar-refractivity contribution in [3.63, 3.8) is 0 Å². The van der Waals surface area contributed by atoms with Crippen LogP contribution < -0.4 is 4.74 Å². The van der Waals surface area contributed by atoms with Crippen LogP contribution in [0.3, 0.4) is 0 Å². The van der Waals surface area contributed by atoms with Gasteiger partial charge in [0.1, 0.15) is 11.5 Å². The molecule has 1 amide bonds. The second-order valence-corrected chi connectivity index (χ2v) is 10.1. The van der Waals surface area contributed by atoms with Gasteiger partial charge in [-0.25, -0.2) is 12.7 Å². The molecule has 3 rings (SSSR count). The topological polar surface area (TPSA) is 113 Å². The highest BCUT2D eigenvalue weighted by Crippen LogP contribution is 2.40. The second kappa shape index (κ2) is 10.4. The number of methoxy groups -OCH3 is 2. The summed E-state index contributed by atoms with van der Waals surface area (Å²) in [5.41, 5.74) is 0.753. The molecule has 0 bridgehead atoms. The Morgan fingerprint density at radius 2 is 1.76 bits per heavy atom. The van der Waals surface area contributed by atoms with Crippen LogP contribution in [-0.4, -0.2) is 75.9 Å². The fourth-order valence-electron chi connectivity index (χ4n) is 3.80. The number of Topliss-reactive ketones (excluding diaryl/α,β-unsaturated/α-hetero) is 1. The van der Waals surface area contributed by atoms with Gasteiger partial charge in [-0.3, -0.25) is 9.59 Å². The molecule has 34 heavy (non-hydrogen) atoms. The second-order valence-electron chi connectivity index (χ2n) is 7.93. The molecule has 2 aromatic rings. The van der Waals surface area contributed by atoms with Crippen LogP contribution in [0.5, 0.6) is 5.75 Å². The van der Waals surface area contributed by atoms with Crippen LogP contribution in [0, 0.1) is 0 Å². The van der Waals surface area contributed by atoms with E-state index in [9.17, 15) is 23.1 Å². The minimum atomic E-state index is -3.66. The summed E-state index contributed by atoms with van der Waals surface area (Å²) in [6.45, 7) is 0.646. The SMILES string of the molecule is COCCCN1C(=O)C(=O)/C(=C(/O)c2ccc(S(=O)(=O)N(C)C)cc2)C1c1cccc(OC)c1.